The molecule has 0 saturated carbocycles. The van der Waals surface area contributed by atoms with Crippen molar-refractivity contribution in [2.75, 3.05) is 0 Å². The number of amides is 2. The van der Waals surface area contributed by atoms with Crippen molar-refractivity contribution in [2.24, 2.45) is 0 Å². The van der Waals surface area contributed by atoms with Crippen LogP contribution < -0.4 is 21.7 Å². The molecule has 32 heavy (non-hydrogen) atoms. The third-order valence-corrected chi connectivity index (χ3v) is 6.04. The molecule has 3 aromatic rings. The monoisotopic (exact) mass is 472 g/mol. The highest BCUT2D eigenvalue weighted by atomic mass is 35.5. The first kappa shape index (κ1) is 22.3. The Balaban J connectivity index is 1.37. The van der Waals surface area contributed by atoms with Crippen molar-refractivity contribution >= 4 is 35.0 Å². The van der Waals surface area contributed by atoms with E-state index >= 15 is 0 Å². The lowest BCUT2D eigenvalue weighted by Gasteiger charge is -2.12. The molecule has 0 radical (unpaired) electrons. The molecule has 0 aliphatic carbocycles. The molecule has 10 heteroatoms. The van der Waals surface area contributed by atoms with Crippen LogP contribution in [0.4, 0.5) is 0 Å². The number of carbonyl (C=O) groups excluding carboxylic acids is 2. The summed E-state index contributed by atoms with van der Waals surface area (Å²) in [5.74, 6) is -0.904. The van der Waals surface area contributed by atoms with Gasteiger partial charge in [0, 0.05) is 11.1 Å². The van der Waals surface area contributed by atoms with Gasteiger partial charge in [-0.25, -0.2) is 15.5 Å². The van der Waals surface area contributed by atoms with Gasteiger partial charge in [-0.15, -0.1) is 0 Å². The Kier molecular flexibility index (Phi) is 6.76. The summed E-state index contributed by atoms with van der Waals surface area (Å²) in [5.41, 5.74) is 13.5. The number of nitrogens with one attached hydrogen (secondary N) is 4. The second-order valence-electron chi connectivity index (χ2n) is 7.48. The van der Waals surface area contributed by atoms with Crippen LogP contribution in [-0.4, -0.2) is 27.6 Å². The molecule has 1 fully saturated rings. The maximum Gasteiger partial charge on any atom is 0.274 e. The van der Waals surface area contributed by atoms with E-state index in [1.165, 1.54) is 4.68 Å². The number of benzene rings is 2. The lowest BCUT2D eigenvalue weighted by molar-refractivity contribution is -0.123. The molecule has 166 valence electrons. The van der Waals surface area contributed by atoms with Gasteiger partial charge in [0.2, 0.25) is 0 Å². The highest BCUT2D eigenvalue weighted by Gasteiger charge is 2.30. The van der Waals surface area contributed by atoms with Crippen LogP contribution in [0.15, 0.2) is 54.6 Å². The molecule has 2 atom stereocenters. The first-order chi connectivity index (χ1) is 15.4. The summed E-state index contributed by atoms with van der Waals surface area (Å²) in [6.45, 7) is 2.00. The van der Waals surface area contributed by atoms with E-state index < -0.39 is 11.9 Å². The summed E-state index contributed by atoms with van der Waals surface area (Å²) in [7, 11) is 0. The standard InChI is InChI=1S/C22H22Cl2N6O2/c1-13-19(20(24)30(29-13)12-15-9-5-6-10-16(15)23)22(32)28-27-21(31)18-11-17(25-26-18)14-7-3-2-4-8-14/h2-10,17-18,25-26H,11-12H2,1H3,(H,27,31)(H,28,32). The number of carbonyl (C=O) groups is 2. The molecule has 1 aliphatic rings. The average Bonchev–Trinajstić information content (AvgIpc) is 3.39. The fourth-order valence-electron chi connectivity index (χ4n) is 3.60. The van der Waals surface area contributed by atoms with Gasteiger partial charge < -0.3 is 0 Å². The summed E-state index contributed by atoms with van der Waals surface area (Å²) in [5, 5.41) is 5.10. The molecule has 2 amide bonds. The fraction of sp³-hybridized carbons (Fsp3) is 0.227. The highest BCUT2D eigenvalue weighted by Crippen LogP contribution is 2.24. The lowest BCUT2D eigenvalue weighted by atomic mass is 10.0. The molecule has 4 N–H and O–H groups in total. The molecule has 2 aromatic carbocycles. The molecule has 2 unspecified atom stereocenters. The highest BCUT2D eigenvalue weighted by molar-refractivity contribution is 6.33. The molecular formula is C22H22Cl2N6O2. The van der Waals surface area contributed by atoms with Crippen LogP contribution in [0.25, 0.3) is 0 Å². The molecular weight excluding hydrogens is 451 g/mol. The van der Waals surface area contributed by atoms with E-state index in [1.54, 1.807) is 13.0 Å². The van der Waals surface area contributed by atoms with Crippen LogP contribution in [0.5, 0.6) is 0 Å². The molecule has 1 saturated heterocycles. The van der Waals surface area contributed by atoms with Crippen molar-refractivity contribution in [1.29, 1.82) is 0 Å². The van der Waals surface area contributed by atoms with Gasteiger partial charge in [-0.1, -0.05) is 71.7 Å². The maximum atomic E-state index is 12.7. The van der Waals surface area contributed by atoms with E-state index in [1.807, 2.05) is 48.5 Å². The lowest BCUT2D eigenvalue weighted by Crippen LogP contribution is -2.50. The average molecular weight is 473 g/mol. The van der Waals surface area contributed by atoms with Crippen molar-refractivity contribution in [3.05, 3.63) is 87.2 Å². The zero-order chi connectivity index (χ0) is 22.7. The first-order valence-corrected chi connectivity index (χ1v) is 10.8. The first-order valence-electron chi connectivity index (χ1n) is 10.1. The van der Waals surface area contributed by atoms with Gasteiger partial charge in [0.05, 0.1) is 12.2 Å². The van der Waals surface area contributed by atoms with Gasteiger partial charge >= 0.3 is 0 Å². The molecule has 8 nitrogen and oxygen atoms in total. The number of nitrogens with zero attached hydrogens (tertiary/aromatic N) is 2. The van der Waals surface area contributed by atoms with Crippen LogP contribution in [-0.2, 0) is 11.3 Å². The number of aryl methyl sites for hydroxylation is 1. The quantitative estimate of drug-likeness (QED) is 0.427. The second kappa shape index (κ2) is 9.70. The van der Waals surface area contributed by atoms with Crippen LogP contribution >= 0.6 is 23.2 Å². The molecule has 0 spiro atoms. The number of hydrazine groups is 2. The van der Waals surface area contributed by atoms with Gasteiger partial charge in [0.25, 0.3) is 11.8 Å². The van der Waals surface area contributed by atoms with E-state index in [-0.39, 0.29) is 22.7 Å². The SMILES string of the molecule is Cc1nn(Cc2ccccc2Cl)c(Cl)c1C(=O)NNC(=O)C1CC(c2ccccc2)NN1. The summed E-state index contributed by atoms with van der Waals surface area (Å²) in [4.78, 5) is 25.2. The topological polar surface area (TPSA) is 100 Å². The van der Waals surface area contributed by atoms with Crippen molar-refractivity contribution < 1.29 is 9.59 Å². The number of halogens is 2. The van der Waals surface area contributed by atoms with Crippen molar-refractivity contribution in [3.63, 3.8) is 0 Å². The number of aromatic nitrogens is 2. The molecule has 1 aromatic heterocycles. The zero-order valence-electron chi connectivity index (χ0n) is 17.2. The predicted molar refractivity (Wildman–Crippen MR) is 122 cm³/mol. The van der Waals surface area contributed by atoms with Crippen LogP contribution in [0.2, 0.25) is 10.2 Å². The molecule has 1 aliphatic heterocycles. The third-order valence-electron chi connectivity index (χ3n) is 5.29. The summed E-state index contributed by atoms with van der Waals surface area (Å²) in [6.07, 6.45) is 0.543. The Morgan fingerprint density at radius 2 is 1.78 bits per heavy atom. The largest absolute Gasteiger partial charge is 0.274 e. The van der Waals surface area contributed by atoms with E-state index in [4.69, 9.17) is 23.2 Å². The predicted octanol–water partition coefficient (Wildman–Crippen LogP) is 2.92. The number of hydrogen-bond acceptors (Lipinski definition) is 5. The summed E-state index contributed by atoms with van der Waals surface area (Å²) >= 11 is 12.6. The summed E-state index contributed by atoms with van der Waals surface area (Å²) < 4.78 is 1.50. The number of hydrogen-bond donors (Lipinski definition) is 4. The Labute approximate surface area is 195 Å². The normalized spacial score (nSPS) is 17.8. The van der Waals surface area contributed by atoms with Crippen LogP contribution in [0, 0.1) is 6.92 Å². The van der Waals surface area contributed by atoms with Crippen LogP contribution in [0.1, 0.15) is 39.6 Å². The Bertz CT molecular complexity index is 1130. The third kappa shape index (κ3) is 4.78. The van der Waals surface area contributed by atoms with Gasteiger partial charge in [0.15, 0.2) is 0 Å². The fourth-order valence-corrected chi connectivity index (χ4v) is 4.12. The zero-order valence-corrected chi connectivity index (χ0v) is 18.7. The minimum atomic E-state index is -0.545. The van der Waals surface area contributed by atoms with Crippen molar-refractivity contribution in [1.82, 2.24) is 31.5 Å². The summed E-state index contributed by atoms with van der Waals surface area (Å²) in [6, 6.07) is 16.7. The van der Waals surface area contributed by atoms with E-state index in [0.717, 1.165) is 11.1 Å². The Hall–Kier alpha value is -2.91. The van der Waals surface area contributed by atoms with Gasteiger partial charge in [0.1, 0.15) is 16.8 Å². The van der Waals surface area contributed by atoms with Crippen LogP contribution in [0.3, 0.4) is 0 Å². The molecule has 0 bridgehead atoms. The van der Waals surface area contributed by atoms with E-state index in [0.29, 0.717) is 23.7 Å². The van der Waals surface area contributed by atoms with Gasteiger partial charge in [-0.05, 0) is 30.5 Å². The Morgan fingerprint density at radius 1 is 1.06 bits per heavy atom. The van der Waals surface area contributed by atoms with Gasteiger partial charge in [-0.3, -0.25) is 20.4 Å². The molecule has 4 rings (SSSR count). The number of rotatable bonds is 5. The Morgan fingerprint density at radius 3 is 2.53 bits per heavy atom. The molecule has 2 heterocycles. The van der Waals surface area contributed by atoms with E-state index in [9.17, 15) is 9.59 Å². The second-order valence-corrected chi connectivity index (χ2v) is 8.25. The minimum Gasteiger partial charge on any atom is -0.271 e. The van der Waals surface area contributed by atoms with Gasteiger partial charge in [-0.2, -0.15) is 5.10 Å². The van der Waals surface area contributed by atoms with E-state index in [2.05, 4.69) is 26.8 Å². The minimum absolute atomic E-state index is 0.00221. The van der Waals surface area contributed by atoms with Crippen molar-refractivity contribution in [2.45, 2.75) is 32.0 Å². The smallest absolute Gasteiger partial charge is 0.271 e. The maximum absolute atomic E-state index is 12.7. The van der Waals surface area contributed by atoms with Crippen molar-refractivity contribution in [3.8, 4) is 0 Å².